The van der Waals surface area contributed by atoms with Gasteiger partial charge in [0.1, 0.15) is 0 Å². The molecule has 0 aliphatic heterocycles. The highest BCUT2D eigenvalue weighted by atomic mass is 16.3. The van der Waals surface area contributed by atoms with Crippen molar-refractivity contribution in [1.82, 2.24) is 14.8 Å². The SMILES string of the molecule is Cc1c(N)c(NCCc2cccc(C3(CO)CC3)n2)nn1C. The van der Waals surface area contributed by atoms with Gasteiger partial charge in [0, 0.05) is 36.8 Å². The summed E-state index contributed by atoms with van der Waals surface area (Å²) >= 11 is 0. The number of hydrogen-bond donors (Lipinski definition) is 3. The van der Waals surface area contributed by atoms with Gasteiger partial charge in [-0.15, -0.1) is 0 Å². The van der Waals surface area contributed by atoms with Gasteiger partial charge < -0.3 is 16.2 Å². The Morgan fingerprint density at radius 3 is 2.77 bits per heavy atom. The molecule has 2 aromatic heterocycles. The van der Waals surface area contributed by atoms with Crippen LogP contribution in [0.2, 0.25) is 0 Å². The first-order valence-electron chi connectivity index (χ1n) is 7.66. The molecule has 0 atom stereocenters. The summed E-state index contributed by atoms with van der Waals surface area (Å²) in [6, 6.07) is 6.05. The van der Waals surface area contributed by atoms with Gasteiger partial charge in [0.25, 0.3) is 0 Å². The molecule has 0 bridgehead atoms. The minimum absolute atomic E-state index is 0.0774. The fourth-order valence-electron chi connectivity index (χ4n) is 2.62. The molecule has 0 spiro atoms. The number of nitrogens with one attached hydrogen (secondary N) is 1. The highest BCUT2D eigenvalue weighted by molar-refractivity contribution is 5.64. The number of anilines is 2. The number of rotatable bonds is 6. The molecule has 1 saturated carbocycles. The van der Waals surface area contributed by atoms with Crippen LogP contribution in [0, 0.1) is 6.92 Å². The van der Waals surface area contributed by atoms with Crippen LogP contribution in [0.15, 0.2) is 18.2 Å². The third kappa shape index (κ3) is 2.66. The first kappa shape index (κ1) is 14.8. The zero-order valence-electron chi connectivity index (χ0n) is 13.1. The number of pyridine rings is 1. The number of nitrogens with two attached hydrogens (primary N) is 1. The first-order valence-corrected chi connectivity index (χ1v) is 7.66. The van der Waals surface area contributed by atoms with E-state index in [1.54, 1.807) is 4.68 Å². The van der Waals surface area contributed by atoms with Crippen molar-refractivity contribution in [3.63, 3.8) is 0 Å². The normalized spacial score (nSPS) is 15.8. The molecule has 1 aliphatic carbocycles. The Labute approximate surface area is 130 Å². The van der Waals surface area contributed by atoms with Crippen molar-refractivity contribution in [1.29, 1.82) is 0 Å². The summed E-state index contributed by atoms with van der Waals surface area (Å²) in [6.07, 6.45) is 2.86. The zero-order chi connectivity index (χ0) is 15.7. The Kier molecular flexibility index (Phi) is 3.78. The minimum atomic E-state index is -0.0774. The Balaban J connectivity index is 1.62. The summed E-state index contributed by atoms with van der Waals surface area (Å²) in [4.78, 5) is 4.70. The fraction of sp³-hybridized carbons (Fsp3) is 0.500. The number of nitrogen functional groups attached to an aromatic ring is 1. The van der Waals surface area contributed by atoms with Gasteiger partial charge in [0.15, 0.2) is 5.82 Å². The van der Waals surface area contributed by atoms with Gasteiger partial charge in [-0.1, -0.05) is 6.07 Å². The molecule has 1 fully saturated rings. The zero-order valence-corrected chi connectivity index (χ0v) is 13.1. The van der Waals surface area contributed by atoms with E-state index in [9.17, 15) is 5.11 Å². The lowest BCUT2D eigenvalue weighted by Crippen LogP contribution is -2.15. The topological polar surface area (TPSA) is 89.0 Å². The number of aromatic nitrogens is 3. The average molecular weight is 301 g/mol. The third-order valence-electron chi connectivity index (χ3n) is 4.56. The van der Waals surface area contributed by atoms with Crippen LogP contribution in [0.1, 0.15) is 29.9 Å². The van der Waals surface area contributed by atoms with Gasteiger partial charge in [-0.05, 0) is 31.9 Å². The standard InChI is InChI=1S/C16H23N5O/c1-11-14(17)15(20-21(11)2)18-9-6-12-4-3-5-13(19-12)16(10-22)7-8-16/h3-5,22H,6-10,17H2,1-2H3,(H,18,20). The molecule has 118 valence electrons. The summed E-state index contributed by atoms with van der Waals surface area (Å²) in [7, 11) is 1.88. The molecule has 0 aromatic carbocycles. The summed E-state index contributed by atoms with van der Waals surface area (Å²) in [6.45, 7) is 2.86. The lowest BCUT2D eigenvalue weighted by molar-refractivity contribution is 0.252. The van der Waals surface area contributed by atoms with Gasteiger partial charge in [-0.25, -0.2) is 0 Å². The highest BCUT2D eigenvalue weighted by Gasteiger charge is 2.45. The Morgan fingerprint density at radius 1 is 1.41 bits per heavy atom. The molecular weight excluding hydrogens is 278 g/mol. The van der Waals surface area contributed by atoms with Gasteiger partial charge in [0.05, 0.1) is 18.0 Å². The average Bonchev–Trinajstić information content (AvgIpc) is 3.29. The molecule has 4 N–H and O–H groups in total. The molecule has 3 rings (SSSR count). The molecule has 0 saturated heterocycles. The molecule has 2 heterocycles. The van der Waals surface area contributed by atoms with Crippen molar-refractivity contribution in [3.8, 4) is 0 Å². The van der Waals surface area contributed by atoms with E-state index in [4.69, 9.17) is 10.7 Å². The second-order valence-corrected chi connectivity index (χ2v) is 6.10. The van der Waals surface area contributed by atoms with Gasteiger partial charge in [-0.3, -0.25) is 9.67 Å². The van der Waals surface area contributed by atoms with Crippen LogP contribution < -0.4 is 11.1 Å². The highest BCUT2D eigenvalue weighted by Crippen LogP contribution is 2.46. The summed E-state index contributed by atoms with van der Waals surface area (Å²) < 4.78 is 1.77. The number of aliphatic hydroxyl groups is 1. The van der Waals surface area contributed by atoms with Crippen LogP contribution in [0.4, 0.5) is 11.5 Å². The predicted octanol–water partition coefficient (Wildman–Crippen LogP) is 1.38. The second kappa shape index (κ2) is 5.61. The number of nitrogens with zero attached hydrogens (tertiary/aromatic N) is 3. The second-order valence-electron chi connectivity index (χ2n) is 6.10. The monoisotopic (exact) mass is 301 g/mol. The predicted molar refractivity (Wildman–Crippen MR) is 86.8 cm³/mol. The van der Waals surface area contributed by atoms with Crippen LogP contribution in [0.25, 0.3) is 0 Å². The Bertz CT molecular complexity index is 675. The third-order valence-corrected chi connectivity index (χ3v) is 4.56. The maximum atomic E-state index is 9.51. The van der Waals surface area contributed by atoms with Crippen molar-refractivity contribution >= 4 is 11.5 Å². The molecule has 1 aliphatic rings. The van der Waals surface area contributed by atoms with Gasteiger partial charge in [-0.2, -0.15) is 5.10 Å². The van der Waals surface area contributed by atoms with Crippen LogP contribution in [0.3, 0.4) is 0 Å². The molecule has 6 nitrogen and oxygen atoms in total. The Morgan fingerprint density at radius 2 is 2.18 bits per heavy atom. The van der Waals surface area contributed by atoms with Gasteiger partial charge >= 0.3 is 0 Å². The Hall–Kier alpha value is -2.08. The number of aryl methyl sites for hydroxylation is 1. The summed E-state index contributed by atoms with van der Waals surface area (Å²) in [5.41, 5.74) is 9.62. The van der Waals surface area contributed by atoms with E-state index in [-0.39, 0.29) is 12.0 Å². The van der Waals surface area contributed by atoms with Crippen LogP contribution >= 0.6 is 0 Å². The summed E-state index contributed by atoms with van der Waals surface area (Å²) in [5, 5.41) is 17.1. The largest absolute Gasteiger partial charge is 0.395 e. The van der Waals surface area contributed by atoms with E-state index in [0.29, 0.717) is 5.69 Å². The number of aliphatic hydroxyl groups excluding tert-OH is 1. The minimum Gasteiger partial charge on any atom is -0.395 e. The fourth-order valence-corrected chi connectivity index (χ4v) is 2.62. The molecule has 0 unspecified atom stereocenters. The van der Waals surface area contributed by atoms with Crippen molar-refractivity contribution < 1.29 is 5.11 Å². The van der Waals surface area contributed by atoms with Crippen LogP contribution in [-0.2, 0) is 18.9 Å². The van der Waals surface area contributed by atoms with E-state index in [0.717, 1.165) is 48.7 Å². The lowest BCUT2D eigenvalue weighted by atomic mass is 10.0. The van der Waals surface area contributed by atoms with E-state index >= 15 is 0 Å². The maximum absolute atomic E-state index is 9.51. The van der Waals surface area contributed by atoms with E-state index in [2.05, 4.69) is 10.4 Å². The van der Waals surface area contributed by atoms with E-state index in [1.165, 1.54) is 0 Å². The van der Waals surface area contributed by atoms with Crippen molar-refractivity contribution in [2.24, 2.45) is 7.05 Å². The van der Waals surface area contributed by atoms with E-state index in [1.807, 2.05) is 32.2 Å². The van der Waals surface area contributed by atoms with Crippen molar-refractivity contribution in [2.45, 2.75) is 31.6 Å². The molecule has 0 amide bonds. The molecule has 22 heavy (non-hydrogen) atoms. The molecule has 0 radical (unpaired) electrons. The van der Waals surface area contributed by atoms with Crippen molar-refractivity contribution in [3.05, 3.63) is 35.3 Å². The quantitative estimate of drug-likeness (QED) is 0.750. The first-order chi connectivity index (χ1) is 10.6. The van der Waals surface area contributed by atoms with Crippen LogP contribution in [0.5, 0.6) is 0 Å². The molecular formula is C16H23N5O. The maximum Gasteiger partial charge on any atom is 0.171 e. The van der Waals surface area contributed by atoms with E-state index < -0.39 is 0 Å². The lowest BCUT2D eigenvalue weighted by Gasteiger charge is -2.12. The molecule has 2 aromatic rings. The smallest absolute Gasteiger partial charge is 0.171 e. The number of hydrogen-bond acceptors (Lipinski definition) is 5. The van der Waals surface area contributed by atoms with Gasteiger partial charge in [0.2, 0.25) is 0 Å². The van der Waals surface area contributed by atoms with Crippen molar-refractivity contribution in [2.75, 3.05) is 24.2 Å². The summed E-state index contributed by atoms with van der Waals surface area (Å²) in [5.74, 6) is 0.727. The van der Waals surface area contributed by atoms with Crippen LogP contribution in [-0.4, -0.2) is 33.0 Å². The molecule has 6 heteroatoms.